The lowest BCUT2D eigenvalue weighted by Gasteiger charge is -2.30. The SMILES string of the molecule is CC1CCCCC1Nc1cc(C(N)=O)ccc1[N+](=O)[O-]. The molecular weight excluding hydrogens is 258 g/mol. The van der Waals surface area contributed by atoms with E-state index in [0.717, 1.165) is 19.3 Å². The number of nitro groups is 1. The van der Waals surface area contributed by atoms with Gasteiger partial charge in [0.25, 0.3) is 5.69 Å². The van der Waals surface area contributed by atoms with Crippen LogP contribution in [0.5, 0.6) is 0 Å². The molecule has 1 aliphatic carbocycles. The average Bonchev–Trinajstić information content (AvgIpc) is 2.41. The summed E-state index contributed by atoms with van der Waals surface area (Å²) in [6.45, 7) is 2.14. The Kier molecular flexibility index (Phi) is 4.22. The molecule has 20 heavy (non-hydrogen) atoms. The largest absolute Gasteiger partial charge is 0.376 e. The minimum Gasteiger partial charge on any atom is -0.376 e. The van der Waals surface area contributed by atoms with Crippen molar-refractivity contribution < 1.29 is 9.72 Å². The van der Waals surface area contributed by atoms with Gasteiger partial charge in [-0.1, -0.05) is 19.8 Å². The van der Waals surface area contributed by atoms with Gasteiger partial charge in [-0.15, -0.1) is 0 Å². The van der Waals surface area contributed by atoms with Gasteiger partial charge >= 0.3 is 0 Å². The van der Waals surface area contributed by atoms with Gasteiger partial charge in [-0.3, -0.25) is 14.9 Å². The molecule has 0 heterocycles. The van der Waals surface area contributed by atoms with Gasteiger partial charge in [-0.05, 0) is 30.9 Å². The van der Waals surface area contributed by atoms with Gasteiger partial charge in [-0.2, -0.15) is 0 Å². The molecule has 1 saturated carbocycles. The van der Waals surface area contributed by atoms with Crippen molar-refractivity contribution in [2.24, 2.45) is 11.7 Å². The Morgan fingerprint density at radius 3 is 2.70 bits per heavy atom. The van der Waals surface area contributed by atoms with Gasteiger partial charge in [0, 0.05) is 17.7 Å². The summed E-state index contributed by atoms with van der Waals surface area (Å²) in [5, 5.41) is 14.3. The van der Waals surface area contributed by atoms with Crippen molar-refractivity contribution in [3.8, 4) is 0 Å². The van der Waals surface area contributed by atoms with Gasteiger partial charge < -0.3 is 11.1 Å². The highest BCUT2D eigenvalue weighted by Gasteiger charge is 2.24. The number of nitrogens with zero attached hydrogens (tertiary/aromatic N) is 1. The van der Waals surface area contributed by atoms with Crippen LogP contribution in [0.2, 0.25) is 0 Å². The lowest BCUT2D eigenvalue weighted by atomic mass is 9.86. The fraction of sp³-hybridized carbons (Fsp3) is 0.500. The molecule has 1 amide bonds. The summed E-state index contributed by atoms with van der Waals surface area (Å²) in [6.07, 6.45) is 4.41. The van der Waals surface area contributed by atoms with Crippen molar-refractivity contribution >= 4 is 17.3 Å². The van der Waals surface area contributed by atoms with Crippen LogP contribution in [0.1, 0.15) is 43.0 Å². The molecule has 0 aliphatic heterocycles. The average molecular weight is 277 g/mol. The maximum absolute atomic E-state index is 11.2. The second kappa shape index (κ2) is 5.90. The number of nitro benzene ring substituents is 1. The minimum atomic E-state index is -0.584. The van der Waals surface area contributed by atoms with Crippen LogP contribution in [-0.4, -0.2) is 16.9 Å². The summed E-state index contributed by atoms with van der Waals surface area (Å²) < 4.78 is 0. The fourth-order valence-electron chi connectivity index (χ4n) is 2.69. The first-order chi connectivity index (χ1) is 9.49. The Hall–Kier alpha value is -2.11. The van der Waals surface area contributed by atoms with Gasteiger partial charge in [0.05, 0.1) is 4.92 Å². The first kappa shape index (κ1) is 14.3. The number of benzene rings is 1. The van der Waals surface area contributed by atoms with E-state index in [1.807, 2.05) is 0 Å². The number of hydrogen-bond acceptors (Lipinski definition) is 4. The third-order valence-electron chi connectivity index (χ3n) is 3.93. The number of amides is 1. The van der Waals surface area contributed by atoms with E-state index < -0.39 is 10.8 Å². The standard InChI is InChI=1S/C14H19N3O3/c1-9-4-2-3-5-11(9)16-12-8-10(14(15)18)6-7-13(12)17(19)20/h6-9,11,16H,2-5H2,1H3,(H2,15,18). The van der Waals surface area contributed by atoms with E-state index in [9.17, 15) is 14.9 Å². The lowest BCUT2D eigenvalue weighted by Crippen LogP contribution is -2.30. The number of anilines is 1. The van der Waals surface area contributed by atoms with E-state index in [-0.39, 0.29) is 17.3 Å². The number of nitrogens with one attached hydrogen (secondary N) is 1. The summed E-state index contributed by atoms with van der Waals surface area (Å²) >= 11 is 0. The summed E-state index contributed by atoms with van der Waals surface area (Å²) in [5.41, 5.74) is 5.87. The number of hydrogen-bond donors (Lipinski definition) is 2. The third-order valence-corrected chi connectivity index (χ3v) is 3.93. The molecule has 6 heteroatoms. The topological polar surface area (TPSA) is 98.3 Å². The second-order valence-electron chi connectivity index (χ2n) is 5.37. The maximum atomic E-state index is 11.2. The predicted molar refractivity (Wildman–Crippen MR) is 76.7 cm³/mol. The van der Waals surface area contributed by atoms with E-state index in [2.05, 4.69) is 12.2 Å². The molecule has 108 valence electrons. The normalized spacial score (nSPS) is 22.2. The zero-order valence-corrected chi connectivity index (χ0v) is 11.5. The monoisotopic (exact) mass is 277 g/mol. The van der Waals surface area contributed by atoms with Crippen molar-refractivity contribution in [2.45, 2.75) is 38.6 Å². The molecule has 0 aromatic heterocycles. The molecule has 1 aromatic rings. The van der Waals surface area contributed by atoms with Crippen LogP contribution in [0, 0.1) is 16.0 Å². The molecule has 1 aromatic carbocycles. The van der Waals surface area contributed by atoms with Crippen molar-refractivity contribution in [1.29, 1.82) is 0 Å². The molecule has 1 fully saturated rings. The molecule has 1 aliphatic rings. The highest BCUT2D eigenvalue weighted by molar-refractivity contribution is 5.94. The highest BCUT2D eigenvalue weighted by Crippen LogP contribution is 2.31. The molecule has 2 atom stereocenters. The number of carbonyl (C=O) groups excluding carboxylic acids is 1. The van der Waals surface area contributed by atoms with Crippen LogP contribution in [0.25, 0.3) is 0 Å². The molecule has 6 nitrogen and oxygen atoms in total. The van der Waals surface area contributed by atoms with Crippen LogP contribution in [0.15, 0.2) is 18.2 Å². The summed E-state index contributed by atoms with van der Waals surface area (Å²) in [7, 11) is 0. The van der Waals surface area contributed by atoms with Crippen molar-refractivity contribution in [3.05, 3.63) is 33.9 Å². The lowest BCUT2D eigenvalue weighted by molar-refractivity contribution is -0.384. The van der Waals surface area contributed by atoms with Crippen molar-refractivity contribution in [2.75, 3.05) is 5.32 Å². The Labute approximate surface area is 117 Å². The predicted octanol–water partition coefficient (Wildman–Crippen LogP) is 2.68. The van der Waals surface area contributed by atoms with E-state index in [1.54, 1.807) is 0 Å². The Bertz CT molecular complexity index is 530. The molecular formula is C14H19N3O3. The number of primary amides is 1. The molecule has 0 radical (unpaired) electrons. The molecule has 0 spiro atoms. The van der Waals surface area contributed by atoms with Crippen LogP contribution < -0.4 is 11.1 Å². The van der Waals surface area contributed by atoms with E-state index in [1.165, 1.54) is 24.6 Å². The summed E-state index contributed by atoms with van der Waals surface area (Å²) in [5.74, 6) is -0.125. The Balaban J connectivity index is 2.29. The maximum Gasteiger partial charge on any atom is 0.292 e. The van der Waals surface area contributed by atoms with E-state index in [0.29, 0.717) is 11.6 Å². The van der Waals surface area contributed by atoms with Gasteiger partial charge in [0.15, 0.2) is 0 Å². The summed E-state index contributed by atoms with van der Waals surface area (Å²) in [4.78, 5) is 21.8. The third kappa shape index (κ3) is 3.07. The molecule has 2 unspecified atom stereocenters. The second-order valence-corrected chi connectivity index (χ2v) is 5.37. The van der Waals surface area contributed by atoms with Gasteiger partial charge in [0.1, 0.15) is 5.69 Å². The molecule has 0 saturated heterocycles. The first-order valence-corrected chi connectivity index (χ1v) is 6.84. The van der Waals surface area contributed by atoms with Crippen molar-refractivity contribution in [1.82, 2.24) is 0 Å². The van der Waals surface area contributed by atoms with E-state index in [4.69, 9.17) is 5.73 Å². The Morgan fingerprint density at radius 1 is 1.40 bits per heavy atom. The van der Waals surface area contributed by atoms with Crippen LogP contribution in [-0.2, 0) is 0 Å². The molecule has 2 rings (SSSR count). The zero-order valence-electron chi connectivity index (χ0n) is 11.5. The van der Waals surface area contributed by atoms with Crippen molar-refractivity contribution in [3.63, 3.8) is 0 Å². The van der Waals surface area contributed by atoms with E-state index >= 15 is 0 Å². The Morgan fingerprint density at radius 2 is 2.10 bits per heavy atom. The fourth-order valence-corrected chi connectivity index (χ4v) is 2.69. The number of nitrogens with two attached hydrogens (primary N) is 1. The van der Waals surface area contributed by atoms with Gasteiger partial charge in [0.2, 0.25) is 5.91 Å². The number of rotatable bonds is 4. The zero-order chi connectivity index (χ0) is 14.7. The van der Waals surface area contributed by atoms with Crippen LogP contribution in [0.4, 0.5) is 11.4 Å². The molecule has 3 N–H and O–H groups in total. The van der Waals surface area contributed by atoms with Crippen LogP contribution >= 0.6 is 0 Å². The van der Waals surface area contributed by atoms with Crippen LogP contribution in [0.3, 0.4) is 0 Å². The first-order valence-electron chi connectivity index (χ1n) is 6.84. The molecule has 0 bridgehead atoms. The quantitative estimate of drug-likeness (QED) is 0.653. The highest BCUT2D eigenvalue weighted by atomic mass is 16.6. The number of carbonyl (C=O) groups is 1. The van der Waals surface area contributed by atoms with Gasteiger partial charge in [-0.25, -0.2) is 0 Å². The summed E-state index contributed by atoms with van der Waals surface area (Å²) in [6, 6.07) is 4.39. The smallest absolute Gasteiger partial charge is 0.292 e. The minimum absolute atomic E-state index is 0.0206.